The van der Waals surface area contributed by atoms with Crippen LogP contribution in [0.5, 0.6) is 0 Å². The molecule has 106 valence electrons. The van der Waals surface area contributed by atoms with E-state index in [1.807, 2.05) is 0 Å². The number of aliphatic carboxylic acids is 1. The van der Waals surface area contributed by atoms with Gasteiger partial charge in [0.1, 0.15) is 6.61 Å². The Balaban J connectivity index is 1.98. The Labute approximate surface area is 115 Å². The van der Waals surface area contributed by atoms with Crippen molar-refractivity contribution in [3.63, 3.8) is 0 Å². The van der Waals surface area contributed by atoms with Crippen LogP contribution in [0.1, 0.15) is 18.7 Å². The molecule has 0 aromatic carbocycles. The molecule has 2 N–H and O–H groups in total. The van der Waals surface area contributed by atoms with Crippen molar-refractivity contribution in [2.75, 3.05) is 19.3 Å². The van der Waals surface area contributed by atoms with Crippen molar-refractivity contribution in [1.29, 1.82) is 0 Å². The Hall–Kier alpha value is -1.12. The van der Waals surface area contributed by atoms with Gasteiger partial charge in [-0.25, -0.2) is 0 Å². The minimum atomic E-state index is -0.889. The molecule has 1 aliphatic carbocycles. The molecule has 1 aromatic rings. The van der Waals surface area contributed by atoms with Gasteiger partial charge < -0.3 is 19.7 Å². The number of carboxylic acid groups (broad SMARTS) is 1. The van der Waals surface area contributed by atoms with E-state index in [9.17, 15) is 9.90 Å². The summed E-state index contributed by atoms with van der Waals surface area (Å²) < 4.78 is 1.80. The average molecular weight is 286 g/mol. The van der Waals surface area contributed by atoms with Crippen molar-refractivity contribution >= 4 is 17.7 Å². The molecule has 8 heteroatoms. The van der Waals surface area contributed by atoms with Crippen LogP contribution in [0, 0.1) is 0 Å². The summed E-state index contributed by atoms with van der Waals surface area (Å²) in [5.41, 5.74) is 0. The number of hydrogen-bond acceptors (Lipinski definition) is 6. The Bertz CT molecular complexity index is 447. The van der Waals surface area contributed by atoms with Crippen molar-refractivity contribution in [3.05, 3.63) is 5.82 Å². The lowest BCUT2D eigenvalue weighted by atomic mass is 10.5. The third kappa shape index (κ3) is 3.92. The number of aliphatic hydroxyl groups excluding tert-OH is 1. The van der Waals surface area contributed by atoms with E-state index in [4.69, 9.17) is 5.11 Å². The van der Waals surface area contributed by atoms with Crippen LogP contribution >= 0.6 is 11.8 Å². The van der Waals surface area contributed by atoms with Crippen molar-refractivity contribution in [1.82, 2.24) is 19.7 Å². The molecule has 1 fully saturated rings. The van der Waals surface area contributed by atoms with Crippen LogP contribution in [0.4, 0.5) is 0 Å². The van der Waals surface area contributed by atoms with Crippen LogP contribution < -0.4 is 0 Å². The smallest absolute Gasteiger partial charge is 0.313 e. The molecule has 1 aromatic heterocycles. The maximum absolute atomic E-state index is 10.6. The lowest BCUT2D eigenvalue weighted by molar-refractivity contribution is -0.133. The van der Waals surface area contributed by atoms with E-state index in [2.05, 4.69) is 22.1 Å². The minimum Gasteiger partial charge on any atom is -0.481 e. The molecule has 1 aliphatic rings. The highest BCUT2D eigenvalue weighted by Gasteiger charge is 2.26. The fraction of sp³-hybridized carbons (Fsp3) is 0.727. The number of carbonyl (C=O) groups is 1. The monoisotopic (exact) mass is 286 g/mol. The number of nitrogens with zero attached hydrogens (tertiary/aromatic N) is 4. The number of hydrogen-bond donors (Lipinski definition) is 2. The number of carboxylic acids is 1. The van der Waals surface area contributed by atoms with Crippen molar-refractivity contribution in [2.45, 2.75) is 37.2 Å². The zero-order chi connectivity index (χ0) is 13.8. The number of likely N-dealkylation sites (N-methyl/N-ethyl adjacent to an activating group) is 1. The van der Waals surface area contributed by atoms with Gasteiger partial charge in [0.15, 0.2) is 11.0 Å². The van der Waals surface area contributed by atoms with E-state index < -0.39 is 5.97 Å². The Morgan fingerprint density at radius 2 is 2.26 bits per heavy atom. The molecular formula is C11H18N4O3S. The summed E-state index contributed by atoms with van der Waals surface area (Å²) in [4.78, 5) is 12.9. The van der Waals surface area contributed by atoms with E-state index in [-0.39, 0.29) is 12.4 Å². The maximum Gasteiger partial charge on any atom is 0.313 e. The van der Waals surface area contributed by atoms with Gasteiger partial charge in [-0.2, -0.15) is 0 Å². The Morgan fingerprint density at radius 3 is 2.84 bits per heavy atom. The van der Waals surface area contributed by atoms with Gasteiger partial charge in [-0.1, -0.05) is 11.8 Å². The van der Waals surface area contributed by atoms with Crippen molar-refractivity contribution in [3.8, 4) is 0 Å². The van der Waals surface area contributed by atoms with E-state index in [1.54, 1.807) is 4.57 Å². The SMILES string of the molecule is CN(CCn1c(CO)nnc1SCC(=O)O)C1CC1. The van der Waals surface area contributed by atoms with Crippen LogP contribution in [0.2, 0.25) is 0 Å². The molecule has 0 aliphatic heterocycles. The molecule has 0 saturated heterocycles. The molecule has 0 atom stereocenters. The first kappa shape index (κ1) is 14.3. The topological polar surface area (TPSA) is 91.5 Å². The molecule has 2 rings (SSSR count). The van der Waals surface area contributed by atoms with E-state index in [1.165, 1.54) is 12.8 Å². The van der Waals surface area contributed by atoms with Gasteiger partial charge >= 0.3 is 5.97 Å². The normalized spacial score (nSPS) is 15.1. The van der Waals surface area contributed by atoms with Gasteiger partial charge in [-0.05, 0) is 19.9 Å². The molecule has 0 amide bonds. The highest BCUT2D eigenvalue weighted by atomic mass is 32.2. The van der Waals surface area contributed by atoms with Crippen LogP contribution in [0.15, 0.2) is 5.16 Å². The molecule has 0 bridgehead atoms. The van der Waals surface area contributed by atoms with E-state index >= 15 is 0 Å². The van der Waals surface area contributed by atoms with Crippen LogP contribution in [-0.2, 0) is 17.9 Å². The van der Waals surface area contributed by atoms with Gasteiger partial charge in [-0.15, -0.1) is 10.2 Å². The summed E-state index contributed by atoms with van der Waals surface area (Å²) in [6.07, 6.45) is 2.48. The molecule has 0 unspecified atom stereocenters. The number of rotatable bonds is 8. The number of aliphatic hydroxyl groups is 1. The summed E-state index contributed by atoms with van der Waals surface area (Å²) in [5, 5.41) is 26.3. The Morgan fingerprint density at radius 1 is 1.53 bits per heavy atom. The second-order valence-corrected chi connectivity index (χ2v) is 5.55. The lowest BCUT2D eigenvalue weighted by Gasteiger charge is -2.17. The van der Waals surface area contributed by atoms with Crippen molar-refractivity contribution in [2.24, 2.45) is 0 Å². The van der Waals surface area contributed by atoms with Crippen LogP contribution in [-0.4, -0.2) is 61.2 Å². The molecule has 1 saturated carbocycles. The van der Waals surface area contributed by atoms with Crippen LogP contribution in [0.25, 0.3) is 0 Å². The summed E-state index contributed by atoms with van der Waals surface area (Å²) in [7, 11) is 2.07. The average Bonchev–Trinajstić information content (AvgIpc) is 3.15. The predicted octanol–water partition coefficient (Wildman–Crippen LogP) is 0.0413. The first-order valence-electron chi connectivity index (χ1n) is 6.19. The number of thioether (sulfide) groups is 1. The third-order valence-corrected chi connectivity index (χ3v) is 4.06. The highest BCUT2D eigenvalue weighted by molar-refractivity contribution is 7.99. The summed E-state index contributed by atoms with van der Waals surface area (Å²) in [6.45, 7) is 1.32. The molecule has 19 heavy (non-hydrogen) atoms. The number of aromatic nitrogens is 3. The fourth-order valence-electron chi connectivity index (χ4n) is 1.85. The highest BCUT2D eigenvalue weighted by Crippen LogP contribution is 2.25. The molecule has 0 radical (unpaired) electrons. The van der Waals surface area contributed by atoms with Gasteiger partial charge in [0.2, 0.25) is 0 Å². The zero-order valence-corrected chi connectivity index (χ0v) is 11.6. The fourth-order valence-corrected chi connectivity index (χ4v) is 2.55. The van der Waals surface area contributed by atoms with Gasteiger partial charge in [0.25, 0.3) is 0 Å². The molecule has 0 spiro atoms. The molecule has 7 nitrogen and oxygen atoms in total. The quantitative estimate of drug-likeness (QED) is 0.652. The van der Waals surface area contributed by atoms with Crippen molar-refractivity contribution < 1.29 is 15.0 Å². The van der Waals surface area contributed by atoms with Gasteiger partial charge in [0.05, 0.1) is 5.75 Å². The van der Waals surface area contributed by atoms with E-state index in [0.29, 0.717) is 23.6 Å². The Kier molecular flexibility index (Phi) is 4.78. The minimum absolute atomic E-state index is 0.0535. The second kappa shape index (κ2) is 6.36. The first-order chi connectivity index (χ1) is 9.11. The second-order valence-electron chi connectivity index (χ2n) is 4.60. The molecular weight excluding hydrogens is 268 g/mol. The largest absolute Gasteiger partial charge is 0.481 e. The lowest BCUT2D eigenvalue weighted by Crippen LogP contribution is -2.26. The first-order valence-corrected chi connectivity index (χ1v) is 7.18. The standard InChI is InChI=1S/C11H18N4O3S/c1-14(8-2-3-8)4-5-15-9(6-16)12-13-11(15)19-7-10(17)18/h8,16H,2-7H2,1H3,(H,17,18). The molecule has 1 heterocycles. The maximum atomic E-state index is 10.6. The predicted molar refractivity (Wildman–Crippen MR) is 70.0 cm³/mol. The van der Waals surface area contributed by atoms with Gasteiger partial charge in [0, 0.05) is 19.1 Å². The van der Waals surface area contributed by atoms with E-state index in [0.717, 1.165) is 18.3 Å². The van der Waals surface area contributed by atoms with Crippen LogP contribution in [0.3, 0.4) is 0 Å². The zero-order valence-electron chi connectivity index (χ0n) is 10.8. The summed E-state index contributed by atoms with van der Waals surface area (Å²) in [6, 6.07) is 0.671. The third-order valence-electron chi connectivity index (χ3n) is 3.11. The van der Waals surface area contributed by atoms with Gasteiger partial charge in [-0.3, -0.25) is 4.79 Å². The summed E-state index contributed by atoms with van der Waals surface area (Å²) in [5.74, 6) is -0.459. The summed E-state index contributed by atoms with van der Waals surface area (Å²) >= 11 is 1.13.